The highest BCUT2D eigenvalue weighted by atomic mass is 19.1. The number of amides is 1. The van der Waals surface area contributed by atoms with Gasteiger partial charge in [-0.15, -0.1) is 0 Å². The third-order valence-electron chi connectivity index (χ3n) is 4.86. The van der Waals surface area contributed by atoms with Crippen molar-refractivity contribution in [1.82, 2.24) is 4.90 Å². The van der Waals surface area contributed by atoms with E-state index in [9.17, 15) is 13.6 Å². The van der Waals surface area contributed by atoms with Crippen LogP contribution in [0.2, 0.25) is 0 Å². The number of nitrogens with one attached hydrogen (secondary N) is 1. The molecule has 5 nitrogen and oxygen atoms in total. The summed E-state index contributed by atoms with van der Waals surface area (Å²) in [5.74, 6) is -0.175. The van der Waals surface area contributed by atoms with Gasteiger partial charge in [-0.05, 0) is 49.2 Å². The van der Waals surface area contributed by atoms with Gasteiger partial charge in [0.1, 0.15) is 24.8 Å². The zero-order valence-corrected chi connectivity index (χ0v) is 14.7. The Morgan fingerprint density at radius 1 is 1.11 bits per heavy atom. The van der Waals surface area contributed by atoms with Gasteiger partial charge >= 0.3 is 0 Å². The average molecular weight is 374 g/mol. The first-order valence-electron chi connectivity index (χ1n) is 8.98. The highest BCUT2D eigenvalue weighted by molar-refractivity contribution is 5.92. The summed E-state index contributed by atoms with van der Waals surface area (Å²) in [5, 5.41) is 2.46. The van der Waals surface area contributed by atoms with Gasteiger partial charge in [0.2, 0.25) is 5.91 Å². The number of hydrogen-bond donors (Lipinski definition) is 1. The van der Waals surface area contributed by atoms with Gasteiger partial charge < -0.3 is 14.8 Å². The second kappa shape index (κ2) is 7.52. The fraction of sp³-hybridized carbons (Fsp3) is 0.350. The molecule has 1 saturated heterocycles. The number of nitrogens with zero attached hydrogens (tertiary/aromatic N) is 1. The molecular formula is C20H20F2N2O3. The van der Waals surface area contributed by atoms with Crippen molar-refractivity contribution in [3.8, 4) is 11.5 Å². The fourth-order valence-electron chi connectivity index (χ4n) is 3.63. The molecule has 2 aliphatic heterocycles. The van der Waals surface area contributed by atoms with E-state index in [4.69, 9.17) is 9.47 Å². The Hall–Kier alpha value is -2.67. The Morgan fingerprint density at radius 2 is 1.93 bits per heavy atom. The minimum Gasteiger partial charge on any atom is -0.486 e. The summed E-state index contributed by atoms with van der Waals surface area (Å²) in [5.41, 5.74) is 0.913. The third-order valence-corrected chi connectivity index (χ3v) is 4.86. The Bertz CT molecular complexity index is 859. The number of carbonyl (C=O) groups excluding carboxylic acids is 1. The lowest BCUT2D eigenvalue weighted by Crippen LogP contribution is -2.33. The predicted octanol–water partition coefficient (Wildman–Crippen LogP) is 3.51. The quantitative estimate of drug-likeness (QED) is 0.890. The van der Waals surface area contributed by atoms with Crippen LogP contribution in [0.3, 0.4) is 0 Å². The summed E-state index contributed by atoms with van der Waals surface area (Å²) in [7, 11) is 0. The molecule has 1 fully saturated rings. The first-order chi connectivity index (χ1) is 13.1. The van der Waals surface area contributed by atoms with E-state index in [-0.39, 0.29) is 24.2 Å². The van der Waals surface area contributed by atoms with Crippen molar-refractivity contribution in [3.63, 3.8) is 0 Å². The van der Waals surface area contributed by atoms with Crippen LogP contribution in [0.15, 0.2) is 36.4 Å². The normalized spacial score (nSPS) is 19.1. The van der Waals surface area contributed by atoms with E-state index in [0.29, 0.717) is 13.2 Å². The molecule has 27 heavy (non-hydrogen) atoms. The maximum absolute atomic E-state index is 13.7. The molecule has 1 unspecified atom stereocenters. The van der Waals surface area contributed by atoms with E-state index in [1.54, 1.807) is 0 Å². The number of hydrogen-bond acceptors (Lipinski definition) is 4. The fourth-order valence-corrected chi connectivity index (χ4v) is 3.63. The van der Waals surface area contributed by atoms with Crippen LogP contribution >= 0.6 is 0 Å². The van der Waals surface area contributed by atoms with Crippen molar-refractivity contribution in [3.05, 3.63) is 53.6 Å². The van der Waals surface area contributed by atoms with Gasteiger partial charge in [0.25, 0.3) is 0 Å². The van der Waals surface area contributed by atoms with Crippen LogP contribution in [0.25, 0.3) is 0 Å². The SMILES string of the molecule is O=C(CN1CCCC1c1ccc2c(c1)OCCO2)Nc1cc(F)ccc1F. The molecule has 1 atom stereocenters. The molecule has 142 valence electrons. The lowest BCUT2D eigenvalue weighted by Gasteiger charge is -2.26. The molecule has 0 saturated carbocycles. The van der Waals surface area contributed by atoms with E-state index >= 15 is 0 Å². The Labute approximate surface area is 155 Å². The molecule has 1 N–H and O–H groups in total. The summed E-state index contributed by atoms with van der Waals surface area (Å²) in [6, 6.07) is 8.91. The maximum atomic E-state index is 13.7. The van der Waals surface area contributed by atoms with E-state index < -0.39 is 11.6 Å². The summed E-state index contributed by atoms with van der Waals surface area (Å²) >= 11 is 0. The van der Waals surface area contributed by atoms with E-state index in [1.165, 1.54) is 0 Å². The molecule has 2 heterocycles. The molecule has 0 radical (unpaired) electrons. The number of ether oxygens (including phenoxy) is 2. The smallest absolute Gasteiger partial charge is 0.238 e. The standard InChI is InChI=1S/C20H20F2N2O3/c21-14-4-5-15(22)16(11-14)23-20(25)12-24-7-1-2-17(24)13-3-6-18-19(10-13)27-9-8-26-18/h3-6,10-11,17H,1-2,7-9,12H2,(H,23,25). The summed E-state index contributed by atoms with van der Waals surface area (Å²) in [6.45, 7) is 1.93. The summed E-state index contributed by atoms with van der Waals surface area (Å²) in [4.78, 5) is 14.4. The maximum Gasteiger partial charge on any atom is 0.238 e. The second-order valence-corrected chi connectivity index (χ2v) is 6.70. The molecule has 2 aliphatic rings. The molecule has 7 heteroatoms. The van der Waals surface area contributed by atoms with E-state index in [2.05, 4.69) is 5.32 Å². The molecule has 1 amide bonds. The minimum atomic E-state index is -0.658. The largest absolute Gasteiger partial charge is 0.486 e. The van der Waals surface area contributed by atoms with Crippen molar-refractivity contribution >= 4 is 11.6 Å². The van der Waals surface area contributed by atoms with Crippen LogP contribution in [-0.2, 0) is 4.79 Å². The Balaban J connectivity index is 1.45. The number of rotatable bonds is 4. The first-order valence-corrected chi connectivity index (χ1v) is 8.98. The van der Waals surface area contributed by atoms with Crippen LogP contribution in [0.4, 0.5) is 14.5 Å². The van der Waals surface area contributed by atoms with E-state index in [0.717, 1.165) is 54.6 Å². The van der Waals surface area contributed by atoms with Crippen molar-refractivity contribution in [2.24, 2.45) is 0 Å². The second-order valence-electron chi connectivity index (χ2n) is 6.70. The van der Waals surface area contributed by atoms with Crippen LogP contribution in [0.5, 0.6) is 11.5 Å². The number of fused-ring (bicyclic) bond motifs is 1. The minimum absolute atomic E-state index is 0.0731. The van der Waals surface area contributed by atoms with Crippen molar-refractivity contribution in [2.45, 2.75) is 18.9 Å². The van der Waals surface area contributed by atoms with Gasteiger partial charge in [0.15, 0.2) is 11.5 Å². The molecule has 4 rings (SSSR count). The molecule has 0 bridgehead atoms. The van der Waals surface area contributed by atoms with Crippen LogP contribution < -0.4 is 14.8 Å². The van der Waals surface area contributed by atoms with Crippen LogP contribution in [-0.4, -0.2) is 37.1 Å². The molecule has 0 spiro atoms. The van der Waals surface area contributed by atoms with Crippen LogP contribution in [0.1, 0.15) is 24.4 Å². The monoisotopic (exact) mass is 374 g/mol. The van der Waals surface area contributed by atoms with Crippen molar-refractivity contribution in [1.29, 1.82) is 0 Å². The molecule has 0 aliphatic carbocycles. The first kappa shape index (κ1) is 17.7. The number of carbonyl (C=O) groups is 1. The molecule has 2 aromatic carbocycles. The number of benzene rings is 2. The molecular weight excluding hydrogens is 354 g/mol. The van der Waals surface area contributed by atoms with Crippen molar-refractivity contribution < 1.29 is 23.0 Å². The zero-order chi connectivity index (χ0) is 18.8. The highest BCUT2D eigenvalue weighted by Crippen LogP contribution is 2.37. The predicted molar refractivity (Wildman–Crippen MR) is 96.0 cm³/mol. The lowest BCUT2D eigenvalue weighted by molar-refractivity contribution is -0.117. The van der Waals surface area contributed by atoms with Gasteiger partial charge in [-0.1, -0.05) is 6.07 Å². The Morgan fingerprint density at radius 3 is 2.78 bits per heavy atom. The van der Waals surface area contributed by atoms with Gasteiger partial charge in [-0.2, -0.15) is 0 Å². The Kier molecular flexibility index (Phi) is 4.94. The van der Waals surface area contributed by atoms with Crippen LogP contribution in [0, 0.1) is 11.6 Å². The van der Waals surface area contributed by atoms with E-state index in [1.807, 2.05) is 23.1 Å². The highest BCUT2D eigenvalue weighted by Gasteiger charge is 2.29. The topological polar surface area (TPSA) is 50.8 Å². The van der Waals surface area contributed by atoms with Gasteiger partial charge in [0, 0.05) is 12.1 Å². The zero-order valence-electron chi connectivity index (χ0n) is 14.7. The average Bonchev–Trinajstić information content (AvgIpc) is 3.12. The molecule has 0 aromatic heterocycles. The lowest BCUT2D eigenvalue weighted by atomic mass is 10.0. The van der Waals surface area contributed by atoms with Crippen molar-refractivity contribution in [2.75, 3.05) is 31.6 Å². The van der Waals surface area contributed by atoms with Gasteiger partial charge in [-0.25, -0.2) is 8.78 Å². The summed E-state index contributed by atoms with van der Waals surface area (Å²) in [6.07, 6.45) is 1.88. The third kappa shape index (κ3) is 3.88. The van der Waals surface area contributed by atoms with Gasteiger partial charge in [0.05, 0.1) is 12.2 Å². The number of halogens is 2. The number of anilines is 1. The number of likely N-dealkylation sites (tertiary alicyclic amines) is 1. The van der Waals surface area contributed by atoms with Gasteiger partial charge in [-0.3, -0.25) is 9.69 Å². The molecule has 2 aromatic rings. The summed E-state index contributed by atoms with van der Waals surface area (Å²) < 4.78 is 38.2.